The quantitative estimate of drug-likeness (QED) is 0.663. The number of likely N-dealkylation sites (tertiary alicyclic amines) is 1. The molecule has 1 saturated heterocycles. The summed E-state index contributed by atoms with van der Waals surface area (Å²) >= 11 is 0. The first kappa shape index (κ1) is 23.9. The third kappa shape index (κ3) is 5.72. The van der Waals surface area contributed by atoms with E-state index in [9.17, 15) is 9.59 Å². The number of rotatable bonds is 7. The third-order valence-electron chi connectivity index (χ3n) is 6.50. The van der Waals surface area contributed by atoms with Crippen molar-refractivity contribution in [3.05, 3.63) is 58.2 Å². The number of amides is 2. The number of hydrogen-bond donors (Lipinski definition) is 0. The second kappa shape index (κ2) is 10.7. The van der Waals surface area contributed by atoms with Gasteiger partial charge in [0.25, 0.3) is 0 Å². The molecule has 0 saturated carbocycles. The summed E-state index contributed by atoms with van der Waals surface area (Å²) < 4.78 is 0. The summed E-state index contributed by atoms with van der Waals surface area (Å²) in [4.78, 5) is 38.9. The third-order valence-corrected chi connectivity index (χ3v) is 6.50. The zero-order chi connectivity index (χ0) is 23.3. The van der Waals surface area contributed by atoms with E-state index in [0.29, 0.717) is 32.5 Å². The number of piperidine rings is 1. The van der Waals surface area contributed by atoms with E-state index in [2.05, 4.69) is 6.92 Å². The summed E-state index contributed by atoms with van der Waals surface area (Å²) in [6.07, 6.45) is 2.70. The molecule has 1 atom stereocenters. The normalized spacial score (nSPS) is 16.2. The Balaban J connectivity index is 1.70. The number of benzene rings is 1. The summed E-state index contributed by atoms with van der Waals surface area (Å²) in [6.45, 7) is 12.8. The zero-order valence-corrected chi connectivity index (χ0v) is 20.1. The van der Waals surface area contributed by atoms with Crippen molar-refractivity contribution in [3.8, 4) is 0 Å². The lowest BCUT2D eigenvalue weighted by molar-refractivity contribution is -0.132. The molecule has 0 radical (unpaired) electrons. The van der Waals surface area contributed by atoms with Crippen LogP contribution in [-0.2, 0) is 22.4 Å². The average molecular weight is 437 g/mol. The first-order valence-electron chi connectivity index (χ1n) is 11.8. The molecule has 2 heterocycles. The maximum Gasteiger partial charge on any atom is 0.227 e. The molecule has 0 unspecified atom stereocenters. The smallest absolute Gasteiger partial charge is 0.227 e. The molecule has 1 aliphatic heterocycles. The van der Waals surface area contributed by atoms with E-state index < -0.39 is 0 Å². The van der Waals surface area contributed by atoms with Crippen LogP contribution in [-0.4, -0.2) is 57.8 Å². The van der Waals surface area contributed by atoms with Gasteiger partial charge < -0.3 is 9.80 Å². The Morgan fingerprint density at radius 3 is 2.22 bits per heavy atom. The van der Waals surface area contributed by atoms with E-state index in [1.54, 1.807) is 0 Å². The van der Waals surface area contributed by atoms with Gasteiger partial charge in [0.2, 0.25) is 11.8 Å². The number of aromatic nitrogens is 2. The summed E-state index contributed by atoms with van der Waals surface area (Å²) in [5.41, 5.74) is 4.92. The molecule has 1 fully saturated rings. The van der Waals surface area contributed by atoms with Crippen LogP contribution < -0.4 is 0 Å². The Labute approximate surface area is 192 Å². The van der Waals surface area contributed by atoms with E-state index in [4.69, 9.17) is 9.97 Å². The molecule has 6 nitrogen and oxygen atoms in total. The fourth-order valence-electron chi connectivity index (χ4n) is 4.45. The van der Waals surface area contributed by atoms with Crippen molar-refractivity contribution in [1.29, 1.82) is 0 Å². The molecule has 172 valence electrons. The van der Waals surface area contributed by atoms with Crippen molar-refractivity contribution >= 4 is 11.8 Å². The number of nitrogens with zero attached hydrogens (tertiary/aromatic N) is 4. The number of hydrogen-bond acceptors (Lipinski definition) is 4. The molecule has 0 bridgehead atoms. The summed E-state index contributed by atoms with van der Waals surface area (Å²) in [5.74, 6) is 1.21. The lowest BCUT2D eigenvalue weighted by Gasteiger charge is -2.32. The first-order valence-corrected chi connectivity index (χ1v) is 11.8. The van der Waals surface area contributed by atoms with Gasteiger partial charge in [-0.3, -0.25) is 9.59 Å². The first-order chi connectivity index (χ1) is 15.3. The average Bonchev–Trinajstić information content (AvgIpc) is 2.78. The topological polar surface area (TPSA) is 66.4 Å². The highest BCUT2D eigenvalue weighted by Crippen LogP contribution is 2.26. The van der Waals surface area contributed by atoms with Crippen molar-refractivity contribution in [2.24, 2.45) is 0 Å². The molecule has 0 spiro atoms. The monoisotopic (exact) mass is 436 g/mol. The van der Waals surface area contributed by atoms with Crippen LogP contribution in [0.25, 0.3) is 0 Å². The van der Waals surface area contributed by atoms with E-state index in [0.717, 1.165) is 47.7 Å². The van der Waals surface area contributed by atoms with Crippen LogP contribution >= 0.6 is 0 Å². The number of carbonyl (C=O) groups excluding carboxylic acids is 2. The Morgan fingerprint density at radius 1 is 1.00 bits per heavy atom. The van der Waals surface area contributed by atoms with Crippen LogP contribution in [0, 0.1) is 20.8 Å². The minimum atomic E-state index is 0.114. The molecule has 1 aromatic heterocycles. The predicted octanol–water partition coefficient (Wildman–Crippen LogP) is 3.76. The van der Waals surface area contributed by atoms with Crippen molar-refractivity contribution in [1.82, 2.24) is 19.8 Å². The van der Waals surface area contributed by atoms with Gasteiger partial charge in [0.1, 0.15) is 5.82 Å². The SMILES string of the molecule is CCN(CC)C(=O)Cc1c(C)nc([C@H]2CCCN(C(=O)Cc3ccc(C)cc3)C2)nc1C. The molecule has 1 aliphatic rings. The van der Waals surface area contributed by atoms with Crippen molar-refractivity contribution in [2.45, 2.75) is 66.2 Å². The van der Waals surface area contributed by atoms with Gasteiger partial charge in [0.05, 0.1) is 12.8 Å². The van der Waals surface area contributed by atoms with Gasteiger partial charge in [-0.15, -0.1) is 0 Å². The molecule has 0 aliphatic carbocycles. The van der Waals surface area contributed by atoms with Crippen molar-refractivity contribution in [3.63, 3.8) is 0 Å². The molecule has 1 aromatic carbocycles. The van der Waals surface area contributed by atoms with Crippen molar-refractivity contribution < 1.29 is 9.59 Å². The van der Waals surface area contributed by atoms with Crippen LogP contribution in [0.15, 0.2) is 24.3 Å². The molecule has 32 heavy (non-hydrogen) atoms. The minimum absolute atomic E-state index is 0.114. The van der Waals surface area contributed by atoms with E-state index >= 15 is 0 Å². The Hall–Kier alpha value is -2.76. The van der Waals surface area contributed by atoms with Gasteiger partial charge in [0.15, 0.2) is 0 Å². The van der Waals surface area contributed by atoms with Crippen LogP contribution in [0.2, 0.25) is 0 Å². The van der Waals surface area contributed by atoms with Crippen LogP contribution in [0.4, 0.5) is 0 Å². The molecule has 6 heteroatoms. The Kier molecular flexibility index (Phi) is 7.99. The lowest BCUT2D eigenvalue weighted by Crippen LogP contribution is -2.40. The molecule has 2 aromatic rings. The largest absolute Gasteiger partial charge is 0.343 e. The lowest BCUT2D eigenvalue weighted by atomic mass is 9.95. The summed E-state index contributed by atoms with van der Waals surface area (Å²) in [6, 6.07) is 8.16. The van der Waals surface area contributed by atoms with Gasteiger partial charge in [0, 0.05) is 49.0 Å². The predicted molar refractivity (Wildman–Crippen MR) is 127 cm³/mol. The Morgan fingerprint density at radius 2 is 1.62 bits per heavy atom. The van der Waals surface area contributed by atoms with Gasteiger partial charge in [-0.1, -0.05) is 29.8 Å². The van der Waals surface area contributed by atoms with Gasteiger partial charge >= 0.3 is 0 Å². The van der Waals surface area contributed by atoms with Gasteiger partial charge in [-0.25, -0.2) is 9.97 Å². The van der Waals surface area contributed by atoms with Gasteiger partial charge in [-0.05, 0) is 53.0 Å². The fourth-order valence-corrected chi connectivity index (χ4v) is 4.45. The van der Waals surface area contributed by atoms with Crippen LogP contribution in [0.3, 0.4) is 0 Å². The van der Waals surface area contributed by atoms with Crippen LogP contribution in [0.1, 0.15) is 66.5 Å². The molecule has 0 N–H and O–H groups in total. The molecule has 3 rings (SSSR count). The molecular formula is C26H36N4O2. The highest BCUT2D eigenvalue weighted by Gasteiger charge is 2.27. The number of likely N-dealkylation sites (N-methyl/N-ethyl adjacent to an activating group) is 1. The van der Waals surface area contributed by atoms with Crippen LogP contribution in [0.5, 0.6) is 0 Å². The molecule has 2 amide bonds. The zero-order valence-electron chi connectivity index (χ0n) is 20.1. The standard InChI is InChI=1S/C26H36N4O2/c1-6-29(7-2)25(32)16-23-19(4)27-26(28-20(23)5)22-9-8-14-30(17-22)24(31)15-21-12-10-18(3)11-13-21/h10-13,22H,6-9,14-17H2,1-5H3/t22-/m0/s1. The van der Waals surface area contributed by atoms with Crippen molar-refractivity contribution in [2.75, 3.05) is 26.2 Å². The Bertz CT molecular complexity index is 928. The molecular weight excluding hydrogens is 400 g/mol. The van der Waals surface area contributed by atoms with E-state index in [1.807, 2.05) is 61.8 Å². The second-order valence-corrected chi connectivity index (χ2v) is 8.82. The van der Waals surface area contributed by atoms with Gasteiger partial charge in [-0.2, -0.15) is 0 Å². The highest BCUT2D eigenvalue weighted by atomic mass is 16.2. The second-order valence-electron chi connectivity index (χ2n) is 8.82. The maximum absolute atomic E-state index is 12.9. The fraction of sp³-hybridized carbons (Fsp3) is 0.538. The minimum Gasteiger partial charge on any atom is -0.343 e. The number of aryl methyl sites for hydroxylation is 3. The van der Waals surface area contributed by atoms with E-state index in [1.165, 1.54) is 5.56 Å². The highest BCUT2D eigenvalue weighted by molar-refractivity contribution is 5.79. The van der Waals surface area contributed by atoms with E-state index in [-0.39, 0.29) is 17.7 Å². The summed E-state index contributed by atoms with van der Waals surface area (Å²) in [5, 5.41) is 0. The maximum atomic E-state index is 12.9. The summed E-state index contributed by atoms with van der Waals surface area (Å²) in [7, 11) is 0. The number of carbonyl (C=O) groups is 2.